The van der Waals surface area contributed by atoms with Gasteiger partial charge in [0.05, 0.1) is 16.6 Å². The number of halogens is 2. The zero-order chi connectivity index (χ0) is 17.5. The van der Waals surface area contributed by atoms with Crippen LogP contribution in [-0.2, 0) is 4.79 Å². The first-order chi connectivity index (χ1) is 11.5. The van der Waals surface area contributed by atoms with E-state index in [0.29, 0.717) is 22.2 Å². The van der Waals surface area contributed by atoms with Crippen molar-refractivity contribution >= 4 is 35.0 Å². The molecule has 1 aliphatic heterocycles. The zero-order valence-corrected chi connectivity index (χ0v) is 15.3. The second-order valence-electron chi connectivity index (χ2n) is 5.88. The van der Waals surface area contributed by atoms with Gasteiger partial charge in [-0.1, -0.05) is 30.1 Å². The summed E-state index contributed by atoms with van der Waals surface area (Å²) in [5.41, 5.74) is 0.390. The molecule has 5 nitrogen and oxygen atoms in total. The minimum atomic E-state index is -0.330. The van der Waals surface area contributed by atoms with E-state index >= 15 is 0 Å². The first-order valence-electron chi connectivity index (χ1n) is 8.26. The van der Waals surface area contributed by atoms with E-state index < -0.39 is 0 Å². The van der Waals surface area contributed by atoms with Gasteiger partial charge in [0, 0.05) is 18.2 Å². The second-order valence-corrected chi connectivity index (χ2v) is 6.69. The van der Waals surface area contributed by atoms with Crippen LogP contribution in [-0.4, -0.2) is 48.9 Å². The van der Waals surface area contributed by atoms with Gasteiger partial charge in [-0.05, 0) is 50.6 Å². The lowest BCUT2D eigenvalue weighted by Crippen LogP contribution is -2.49. The fourth-order valence-electron chi connectivity index (χ4n) is 2.87. The summed E-state index contributed by atoms with van der Waals surface area (Å²) < 4.78 is 0. The molecule has 0 saturated carbocycles. The molecule has 1 aliphatic rings. The summed E-state index contributed by atoms with van der Waals surface area (Å²) in [5.74, 6) is -0.374. The SMILES string of the molecule is CCCN(C(=O)CNC(=O)c1ccc(Cl)c(Cl)c1)C1CCNCC1. The van der Waals surface area contributed by atoms with Gasteiger partial charge in [-0.3, -0.25) is 9.59 Å². The van der Waals surface area contributed by atoms with Gasteiger partial charge in [-0.25, -0.2) is 0 Å². The Morgan fingerprint density at radius 1 is 1.25 bits per heavy atom. The Kier molecular flexibility index (Phi) is 7.34. The Labute approximate surface area is 152 Å². The predicted octanol–water partition coefficient (Wildman–Crippen LogP) is 2.71. The van der Waals surface area contributed by atoms with Crippen LogP contribution in [0, 0.1) is 0 Å². The standard InChI is InChI=1S/C17H23Cl2N3O2/c1-2-9-22(13-5-7-20-8-6-13)16(23)11-21-17(24)12-3-4-14(18)15(19)10-12/h3-4,10,13,20H,2,5-9,11H2,1H3,(H,21,24). The zero-order valence-electron chi connectivity index (χ0n) is 13.8. The lowest BCUT2D eigenvalue weighted by atomic mass is 10.0. The highest BCUT2D eigenvalue weighted by atomic mass is 35.5. The number of hydrogen-bond donors (Lipinski definition) is 2. The van der Waals surface area contributed by atoms with E-state index in [9.17, 15) is 9.59 Å². The molecule has 0 aromatic heterocycles. The summed E-state index contributed by atoms with van der Waals surface area (Å²) in [6.45, 7) is 4.60. The number of rotatable bonds is 6. The summed E-state index contributed by atoms with van der Waals surface area (Å²) in [6.07, 6.45) is 2.80. The maximum atomic E-state index is 12.5. The Morgan fingerprint density at radius 3 is 2.58 bits per heavy atom. The number of nitrogens with zero attached hydrogens (tertiary/aromatic N) is 1. The molecule has 2 N–H and O–H groups in total. The average molecular weight is 372 g/mol. The van der Waals surface area contributed by atoms with Crippen LogP contribution in [0.15, 0.2) is 18.2 Å². The third kappa shape index (κ3) is 5.10. The molecule has 24 heavy (non-hydrogen) atoms. The monoisotopic (exact) mass is 371 g/mol. The Bertz CT molecular complexity index is 589. The van der Waals surface area contributed by atoms with Gasteiger partial charge in [0.25, 0.3) is 5.91 Å². The van der Waals surface area contributed by atoms with Crippen molar-refractivity contribution in [1.82, 2.24) is 15.5 Å². The van der Waals surface area contributed by atoms with Crippen LogP contribution < -0.4 is 10.6 Å². The van der Waals surface area contributed by atoms with Crippen LogP contribution in [0.1, 0.15) is 36.5 Å². The molecule has 1 saturated heterocycles. The molecule has 7 heteroatoms. The number of hydrogen-bond acceptors (Lipinski definition) is 3. The third-order valence-electron chi connectivity index (χ3n) is 4.12. The van der Waals surface area contributed by atoms with E-state index in [1.807, 2.05) is 4.90 Å². The molecule has 2 rings (SSSR count). The maximum Gasteiger partial charge on any atom is 0.251 e. The van der Waals surface area contributed by atoms with Gasteiger partial charge in [0.1, 0.15) is 0 Å². The van der Waals surface area contributed by atoms with E-state index in [-0.39, 0.29) is 24.4 Å². The van der Waals surface area contributed by atoms with E-state index in [2.05, 4.69) is 17.6 Å². The predicted molar refractivity (Wildman–Crippen MR) is 96.7 cm³/mol. The Balaban J connectivity index is 1.93. The summed E-state index contributed by atoms with van der Waals surface area (Å²) >= 11 is 11.8. The van der Waals surface area contributed by atoms with Crippen molar-refractivity contribution in [2.45, 2.75) is 32.2 Å². The van der Waals surface area contributed by atoms with Gasteiger partial charge >= 0.3 is 0 Å². The van der Waals surface area contributed by atoms with Crippen molar-refractivity contribution < 1.29 is 9.59 Å². The number of amides is 2. The van der Waals surface area contributed by atoms with Crippen LogP contribution in [0.3, 0.4) is 0 Å². The van der Waals surface area contributed by atoms with Crippen molar-refractivity contribution in [3.63, 3.8) is 0 Å². The van der Waals surface area contributed by atoms with Crippen molar-refractivity contribution in [1.29, 1.82) is 0 Å². The second kappa shape index (κ2) is 9.25. The highest BCUT2D eigenvalue weighted by molar-refractivity contribution is 6.42. The van der Waals surface area contributed by atoms with Gasteiger partial charge in [0.15, 0.2) is 0 Å². The van der Waals surface area contributed by atoms with E-state index in [4.69, 9.17) is 23.2 Å². The molecule has 0 spiro atoms. The normalized spacial score (nSPS) is 15.1. The molecule has 0 atom stereocenters. The number of carbonyl (C=O) groups is 2. The van der Waals surface area contributed by atoms with E-state index in [1.165, 1.54) is 6.07 Å². The summed E-state index contributed by atoms with van der Waals surface area (Å²) in [5, 5.41) is 6.69. The highest BCUT2D eigenvalue weighted by Gasteiger charge is 2.24. The van der Waals surface area contributed by atoms with Crippen LogP contribution >= 0.6 is 23.2 Å². The lowest BCUT2D eigenvalue weighted by Gasteiger charge is -2.34. The Hall–Kier alpha value is -1.30. The largest absolute Gasteiger partial charge is 0.343 e. The first-order valence-corrected chi connectivity index (χ1v) is 9.02. The van der Waals surface area contributed by atoms with Crippen molar-refractivity contribution in [3.05, 3.63) is 33.8 Å². The highest BCUT2D eigenvalue weighted by Crippen LogP contribution is 2.22. The third-order valence-corrected chi connectivity index (χ3v) is 4.86. The van der Waals surface area contributed by atoms with Crippen LogP contribution in [0.25, 0.3) is 0 Å². The van der Waals surface area contributed by atoms with Gasteiger partial charge in [-0.15, -0.1) is 0 Å². The molecule has 1 fully saturated rings. The van der Waals surface area contributed by atoms with Gasteiger partial charge < -0.3 is 15.5 Å². The van der Waals surface area contributed by atoms with Crippen LogP contribution in [0.5, 0.6) is 0 Å². The van der Waals surface area contributed by atoms with Crippen LogP contribution in [0.2, 0.25) is 10.0 Å². The average Bonchev–Trinajstić information content (AvgIpc) is 2.60. The minimum Gasteiger partial charge on any atom is -0.343 e. The first kappa shape index (κ1) is 19.0. The van der Waals surface area contributed by atoms with Gasteiger partial charge in [0.2, 0.25) is 5.91 Å². The number of benzene rings is 1. The maximum absolute atomic E-state index is 12.5. The number of carbonyl (C=O) groups excluding carboxylic acids is 2. The Morgan fingerprint density at radius 2 is 1.96 bits per heavy atom. The topological polar surface area (TPSA) is 61.4 Å². The van der Waals surface area contributed by atoms with Gasteiger partial charge in [-0.2, -0.15) is 0 Å². The molecule has 132 valence electrons. The fraction of sp³-hybridized carbons (Fsp3) is 0.529. The molecule has 1 aromatic rings. The number of nitrogens with one attached hydrogen (secondary N) is 2. The smallest absolute Gasteiger partial charge is 0.251 e. The molecular weight excluding hydrogens is 349 g/mol. The molecule has 1 aromatic carbocycles. The van der Waals surface area contributed by atoms with Crippen molar-refractivity contribution in [2.75, 3.05) is 26.2 Å². The van der Waals surface area contributed by atoms with E-state index in [0.717, 1.165) is 32.4 Å². The fourth-order valence-corrected chi connectivity index (χ4v) is 3.17. The molecular formula is C17H23Cl2N3O2. The summed E-state index contributed by atoms with van der Waals surface area (Å²) in [6, 6.07) is 4.91. The van der Waals surface area contributed by atoms with Crippen LogP contribution in [0.4, 0.5) is 0 Å². The summed E-state index contributed by atoms with van der Waals surface area (Å²) in [4.78, 5) is 26.6. The van der Waals surface area contributed by atoms with Crippen molar-refractivity contribution in [2.24, 2.45) is 0 Å². The lowest BCUT2D eigenvalue weighted by molar-refractivity contribution is -0.133. The molecule has 0 bridgehead atoms. The quantitative estimate of drug-likeness (QED) is 0.807. The molecule has 1 heterocycles. The minimum absolute atomic E-state index is 0.0109. The molecule has 0 unspecified atom stereocenters. The summed E-state index contributed by atoms with van der Waals surface area (Å²) in [7, 11) is 0. The molecule has 0 radical (unpaired) electrons. The van der Waals surface area contributed by atoms with E-state index in [1.54, 1.807) is 12.1 Å². The van der Waals surface area contributed by atoms with Crippen molar-refractivity contribution in [3.8, 4) is 0 Å². The molecule has 2 amide bonds. The number of piperidine rings is 1. The molecule has 0 aliphatic carbocycles.